The summed E-state index contributed by atoms with van der Waals surface area (Å²) in [5.74, 6) is 0. The first-order valence-electron chi connectivity index (χ1n) is 5.91. The van der Waals surface area contributed by atoms with Gasteiger partial charge in [0, 0.05) is 18.9 Å². The van der Waals surface area contributed by atoms with E-state index in [1.165, 1.54) is 0 Å². The monoisotopic (exact) mass is 233 g/mol. The maximum atomic E-state index is 11.8. The second-order valence-electron chi connectivity index (χ2n) is 4.47. The zero-order chi connectivity index (χ0) is 11.7. The van der Waals surface area contributed by atoms with Crippen LogP contribution in [-0.4, -0.2) is 41.2 Å². The van der Waals surface area contributed by atoms with Crippen LogP contribution in [0.3, 0.4) is 0 Å². The molecule has 2 saturated heterocycles. The van der Waals surface area contributed by atoms with Gasteiger partial charge in [-0.15, -0.1) is 0 Å². The third-order valence-electron chi connectivity index (χ3n) is 3.35. The van der Waals surface area contributed by atoms with Gasteiger partial charge in [-0.2, -0.15) is 0 Å². The molecule has 2 fully saturated rings. The molecule has 0 spiro atoms. The minimum absolute atomic E-state index is 0.0559. The number of aromatic nitrogens is 1. The molecule has 0 bridgehead atoms. The van der Waals surface area contributed by atoms with Gasteiger partial charge in [0.1, 0.15) is 6.10 Å². The van der Waals surface area contributed by atoms with Crippen molar-refractivity contribution in [1.82, 2.24) is 15.2 Å². The topological polar surface area (TPSA) is 54.5 Å². The largest absolute Gasteiger partial charge is 0.444 e. The van der Waals surface area contributed by atoms with Crippen LogP contribution in [0.2, 0.25) is 0 Å². The van der Waals surface area contributed by atoms with Crippen molar-refractivity contribution in [2.45, 2.75) is 25.1 Å². The molecule has 2 aliphatic rings. The molecule has 1 aromatic rings. The first kappa shape index (κ1) is 10.5. The second kappa shape index (κ2) is 4.33. The number of hydrogen-bond donors (Lipinski definition) is 1. The lowest BCUT2D eigenvalue weighted by Crippen LogP contribution is -2.48. The smallest absolute Gasteiger partial charge is 0.410 e. The molecule has 3 heterocycles. The summed E-state index contributed by atoms with van der Waals surface area (Å²) in [4.78, 5) is 17.7. The summed E-state index contributed by atoms with van der Waals surface area (Å²) in [7, 11) is 0. The van der Waals surface area contributed by atoms with E-state index in [-0.39, 0.29) is 18.2 Å². The Morgan fingerprint density at radius 3 is 3.35 bits per heavy atom. The van der Waals surface area contributed by atoms with Crippen LogP contribution in [-0.2, 0) is 11.3 Å². The van der Waals surface area contributed by atoms with E-state index in [1.807, 2.05) is 12.1 Å². The lowest BCUT2D eigenvalue weighted by molar-refractivity contribution is 0.117. The fourth-order valence-corrected chi connectivity index (χ4v) is 2.47. The summed E-state index contributed by atoms with van der Waals surface area (Å²) < 4.78 is 5.38. The molecule has 0 aromatic carbocycles. The van der Waals surface area contributed by atoms with Gasteiger partial charge in [-0.25, -0.2) is 4.79 Å². The summed E-state index contributed by atoms with van der Waals surface area (Å²) in [5.41, 5.74) is 1.04. The van der Waals surface area contributed by atoms with Crippen molar-refractivity contribution in [2.24, 2.45) is 0 Å². The lowest BCUT2D eigenvalue weighted by Gasteiger charge is -2.28. The van der Waals surface area contributed by atoms with Crippen molar-refractivity contribution >= 4 is 6.09 Å². The van der Waals surface area contributed by atoms with Gasteiger partial charge in [0.15, 0.2) is 0 Å². The zero-order valence-corrected chi connectivity index (χ0v) is 9.50. The Bertz CT molecular complexity index is 409. The van der Waals surface area contributed by atoms with Crippen LogP contribution < -0.4 is 5.32 Å². The first-order chi connectivity index (χ1) is 8.34. The fraction of sp³-hybridized carbons (Fsp3) is 0.500. The van der Waals surface area contributed by atoms with E-state index in [0.29, 0.717) is 6.54 Å². The van der Waals surface area contributed by atoms with E-state index >= 15 is 0 Å². The maximum Gasteiger partial charge on any atom is 0.410 e. The number of rotatable bonds is 2. The predicted molar refractivity (Wildman–Crippen MR) is 61.3 cm³/mol. The average molecular weight is 233 g/mol. The van der Waals surface area contributed by atoms with Crippen LogP contribution in [0.25, 0.3) is 0 Å². The van der Waals surface area contributed by atoms with Gasteiger partial charge in [0.2, 0.25) is 0 Å². The number of fused-ring (bicyclic) bond motifs is 1. The standard InChI is InChI=1S/C12H15N3O2/c16-12-15(8-9-2-1-4-13-6-9)10-7-14-5-3-11(10)17-12/h1-2,4,6,10-11,14H,3,5,7-8H2. The van der Waals surface area contributed by atoms with Gasteiger partial charge in [-0.1, -0.05) is 6.07 Å². The van der Waals surface area contributed by atoms with E-state index < -0.39 is 0 Å². The van der Waals surface area contributed by atoms with Crippen LogP contribution in [0.1, 0.15) is 12.0 Å². The van der Waals surface area contributed by atoms with Crippen LogP contribution in [0.15, 0.2) is 24.5 Å². The molecule has 5 nitrogen and oxygen atoms in total. The molecule has 1 N–H and O–H groups in total. The van der Waals surface area contributed by atoms with Crippen molar-refractivity contribution in [3.05, 3.63) is 30.1 Å². The van der Waals surface area contributed by atoms with Gasteiger partial charge in [-0.05, 0) is 24.6 Å². The molecule has 17 heavy (non-hydrogen) atoms. The molecule has 1 amide bonds. The quantitative estimate of drug-likeness (QED) is 0.819. The summed E-state index contributed by atoms with van der Waals surface area (Å²) in [6.45, 7) is 2.32. The van der Waals surface area contributed by atoms with Crippen molar-refractivity contribution in [1.29, 1.82) is 0 Å². The van der Waals surface area contributed by atoms with Gasteiger partial charge >= 0.3 is 6.09 Å². The number of amides is 1. The lowest BCUT2D eigenvalue weighted by atomic mass is 10.0. The Balaban J connectivity index is 1.76. The third-order valence-corrected chi connectivity index (χ3v) is 3.35. The highest BCUT2D eigenvalue weighted by atomic mass is 16.6. The molecule has 3 rings (SSSR count). The molecule has 2 aliphatic heterocycles. The van der Waals surface area contributed by atoms with Gasteiger partial charge in [0.25, 0.3) is 0 Å². The summed E-state index contributed by atoms with van der Waals surface area (Å²) >= 11 is 0. The van der Waals surface area contributed by atoms with Crippen molar-refractivity contribution in [3.8, 4) is 0 Å². The summed E-state index contributed by atoms with van der Waals surface area (Å²) in [5, 5.41) is 3.30. The Hall–Kier alpha value is -1.62. The Morgan fingerprint density at radius 1 is 1.59 bits per heavy atom. The molecule has 5 heteroatoms. The Kier molecular flexibility index (Phi) is 2.68. The number of piperidine rings is 1. The number of nitrogens with zero attached hydrogens (tertiary/aromatic N) is 2. The number of pyridine rings is 1. The fourth-order valence-electron chi connectivity index (χ4n) is 2.47. The number of hydrogen-bond acceptors (Lipinski definition) is 4. The molecular formula is C12H15N3O2. The van der Waals surface area contributed by atoms with Crippen LogP contribution >= 0.6 is 0 Å². The minimum Gasteiger partial charge on any atom is -0.444 e. The molecule has 0 radical (unpaired) electrons. The van der Waals surface area contributed by atoms with E-state index in [0.717, 1.165) is 25.1 Å². The van der Waals surface area contributed by atoms with Gasteiger partial charge in [0.05, 0.1) is 12.6 Å². The average Bonchev–Trinajstić information content (AvgIpc) is 2.68. The molecule has 2 atom stereocenters. The Labute approximate surface area is 99.8 Å². The summed E-state index contributed by atoms with van der Waals surface area (Å²) in [6.07, 6.45) is 4.28. The number of nitrogens with one attached hydrogen (secondary N) is 1. The Morgan fingerprint density at radius 2 is 2.53 bits per heavy atom. The predicted octanol–water partition coefficient (Wildman–Crippen LogP) is 0.764. The highest BCUT2D eigenvalue weighted by Gasteiger charge is 2.42. The molecule has 2 unspecified atom stereocenters. The molecular weight excluding hydrogens is 218 g/mol. The number of carbonyl (C=O) groups excluding carboxylic acids is 1. The third kappa shape index (κ3) is 1.98. The number of carbonyl (C=O) groups is 1. The van der Waals surface area contributed by atoms with Crippen molar-refractivity contribution in [2.75, 3.05) is 13.1 Å². The van der Waals surface area contributed by atoms with Crippen molar-refractivity contribution < 1.29 is 9.53 Å². The van der Waals surface area contributed by atoms with Crippen LogP contribution in [0.5, 0.6) is 0 Å². The van der Waals surface area contributed by atoms with E-state index in [9.17, 15) is 4.79 Å². The minimum atomic E-state index is -0.201. The SMILES string of the molecule is O=C1OC2CCNCC2N1Cc1cccnc1. The van der Waals surface area contributed by atoms with E-state index in [1.54, 1.807) is 17.3 Å². The molecule has 0 aliphatic carbocycles. The molecule has 0 saturated carbocycles. The number of ether oxygens (including phenoxy) is 1. The van der Waals surface area contributed by atoms with E-state index in [4.69, 9.17) is 4.74 Å². The molecule has 90 valence electrons. The van der Waals surface area contributed by atoms with Crippen molar-refractivity contribution in [3.63, 3.8) is 0 Å². The van der Waals surface area contributed by atoms with Gasteiger partial charge < -0.3 is 10.1 Å². The van der Waals surface area contributed by atoms with Crippen LogP contribution in [0.4, 0.5) is 4.79 Å². The zero-order valence-electron chi connectivity index (χ0n) is 9.50. The normalized spacial score (nSPS) is 27.8. The molecule has 1 aromatic heterocycles. The van der Waals surface area contributed by atoms with Crippen LogP contribution in [0, 0.1) is 0 Å². The second-order valence-corrected chi connectivity index (χ2v) is 4.47. The van der Waals surface area contributed by atoms with E-state index in [2.05, 4.69) is 10.3 Å². The van der Waals surface area contributed by atoms with Gasteiger partial charge in [-0.3, -0.25) is 9.88 Å². The highest BCUT2D eigenvalue weighted by molar-refractivity contribution is 5.70. The first-order valence-corrected chi connectivity index (χ1v) is 5.91. The maximum absolute atomic E-state index is 11.8. The summed E-state index contributed by atoms with van der Waals surface area (Å²) in [6, 6.07) is 4.02. The highest BCUT2D eigenvalue weighted by Crippen LogP contribution is 2.25.